The van der Waals surface area contributed by atoms with Crippen LogP contribution in [-0.2, 0) is 0 Å². The van der Waals surface area contributed by atoms with E-state index in [0.29, 0.717) is 0 Å². The summed E-state index contributed by atoms with van der Waals surface area (Å²) < 4.78 is 34.4. The van der Waals surface area contributed by atoms with Crippen LogP contribution in [0.4, 0.5) is 8.78 Å². The highest BCUT2D eigenvalue weighted by molar-refractivity contribution is 7.37. The molecule has 14 heteroatoms. The van der Waals surface area contributed by atoms with Gasteiger partial charge in [-0.3, -0.25) is 0 Å². The van der Waals surface area contributed by atoms with Crippen molar-refractivity contribution >= 4 is 130 Å². The van der Waals surface area contributed by atoms with Crippen LogP contribution >= 0.6 is 90.7 Å². The Balaban J connectivity index is 1.09. The number of aromatic nitrogens is 4. The Morgan fingerprint density at radius 3 is 1.25 bits per heavy atom. The monoisotopic (exact) mass is 670 g/mol. The largest absolute Gasteiger partial charge is 0.269 e. The van der Waals surface area contributed by atoms with Gasteiger partial charge in [-0.2, -0.15) is 8.78 Å². The van der Waals surface area contributed by atoms with Gasteiger partial charge in [0.1, 0.15) is 10.0 Å². The molecular weight excluding hydrogens is 663 g/mol. The van der Waals surface area contributed by atoms with E-state index in [9.17, 15) is 8.78 Å². The van der Waals surface area contributed by atoms with Gasteiger partial charge in [0.05, 0.1) is 38.7 Å². The third-order valence-electron chi connectivity index (χ3n) is 6.28. The lowest BCUT2D eigenvalue weighted by atomic mass is 10.2. The van der Waals surface area contributed by atoms with Gasteiger partial charge in [-0.05, 0) is 24.3 Å². The number of halogens is 2. The van der Waals surface area contributed by atoms with E-state index >= 15 is 0 Å². The SMILES string of the molecule is Fc1ncc(-c2cnc(-c3cc4sc5cc6c(cc5c4s3)sc3cc(-c4ncc(-c5cnc(F)s5)s4)sc36)s2)s1. The molecule has 8 heterocycles. The highest BCUT2D eigenvalue weighted by Gasteiger charge is 2.19. The summed E-state index contributed by atoms with van der Waals surface area (Å²) in [7, 11) is 0. The van der Waals surface area contributed by atoms with E-state index in [0.717, 1.165) is 62.0 Å². The summed E-state index contributed by atoms with van der Waals surface area (Å²) in [6.45, 7) is 0. The number of thiazole rings is 4. The van der Waals surface area contributed by atoms with Crippen molar-refractivity contribution in [1.82, 2.24) is 19.9 Å². The molecule has 0 spiro atoms. The summed E-state index contributed by atoms with van der Waals surface area (Å²) in [6, 6.07) is 9.10. The van der Waals surface area contributed by atoms with Gasteiger partial charge in [0.15, 0.2) is 0 Å². The van der Waals surface area contributed by atoms with E-state index in [-0.39, 0.29) is 0 Å². The summed E-state index contributed by atoms with van der Waals surface area (Å²) in [5.74, 6) is 0. The van der Waals surface area contributed by atoms with Gasteiger partial charge in [0.25, 0.3) is 10.5 Å². The molecule has 0 atom stereocenters. The van der Waals surface area contributed by atoms with Crippen molar-refractivity contribution in [3.63, 3.8) is 0 Å². The van der Waals surface area contributed by atoms with Gasteiger partial charge in [-0.15, -0.1) is 68.0 Å². The van der Waals surface area contributed by atoms with Crippen molar-refractivity contribution in [2.75, 3.05) is 0 Å². The first kappa shape index (κ1) is 24.1. The van der Waals surface area contributed by atoms with E-state index in [1.54, 1.807) is 70.1 Å². The fourth-order valence-electron chi connectivity index (χ4n) is 4.54. The topological polar surface area (TPSA) is 51.6 Å². The molecule has 0 saturated carbocycles. The standard InChI is InChI=1S/C26H8F2N4S8/c27-25-31-7-19(39-25)17-5-29-23(37-17)15-3-13-21(35-15)9-1-11-10(2-12(9)34-13)22-14(33-11)4-16(36-22)24-30-6-18(38-24)20-8-32-26(28)40-20/h1-8H. The van der Waals surface area contributed by atoms with Crippen molar-refractivity contribution in [2.24, 2.45) is 0 Å². The molecule has 0 aliphatic heterocycles. The summed E-state index contributed by atoms with van der Waals surface area (Å²) in [5.41, 5.74) is 0. The van der Waals surface area contributed by atoms with Crippen LogP contribution in [0.1, 0.15) is 0 Å². The van der Waals surface area contributed by atoms with E-state index in [1.165, 1.54) is 39.0 Å². The van der Waals surface area contributed by atoms with Gasteiger partial charge in [-0.1, -0.05) is 22.7 Å². The van der Waals surface area contributed by atoms with Crippen molar-refractivity contribution in [3.8, 4) is 39.3 Å². The second-order valence-corrected chi connectivity index (χ2v) is 17.0. The maximum atomic E-state index is 13.4. The van der Waals surface area contributed by atoms with Crippen LogP contribution in [0, 0.1) is 10.5 Å². The normalized spacial score (nSPS) is 12.2. The van der Waals surface area contributed by atoms with Crippen LogP contribution in [-0.4, -0.2) is 19.9 Å². The fourth-order valence-corrected chi connectivity index (χ4v) is 13.0. The molecule has 0 N–H and O–H groups in total. The average molecular weight is 671 g/mol. The molecule has 0 fully saturated rings. The number of fused-ring (bicyclic) bond motifs is 6. The molecule has 0 bridgehead atoms. The maximum Gasteiger partial charge on any atom is 0.269 e. The van der Waals surface area contributed by atoms with E-state index in [4.69, 9.17) is 0 Å². The maximum absolute atomic E-state index is 13.4. The second-order valence-electron chi connectivity index (χ2n) is 8.67. The zero-order valence-corrected chi connectivity index (χ0v) is 26.0. The Morgan fingerprint density at radius 1 is 0.400 bits per heavy atom. The third-order valence-corrected chi connectivity index (χ3v) is 15.4. The molecule has 0 radical (unpaired) electrons. The van der Waals surface area contributed by atoms with Crippen molar-refractivity contribution < 1.29 is 8.78 Å². The molecule has 1 aromatic carbocycles. The van der Waals surface area contributed by atoms with E-state index in [2.05, 4.69) is 44.2 Å². The zero-order valence-electron chi connectivity index (χ0n) is 19.4. The Labute approximate surface area is 255 Å². The third kappa shape index (κ3) is 3.78. The van der Waals surface area contributed by atoms with Crippen molar-refractivity contribution in [1.29, 1.82) is 0 Å². The van der Waals surface area contributed by atoms with Gasteiger partial charge >= 0.3 is 0 Å². The fraction of sp³-hybridized carbons (Fsp3) is 0. The van der Waals surface area contributed by atoms with Crippen molar-refractivity contribution in [3.05, 3.63) is 59.6 Å². The first-order valence-electron chi connectivity index (χ1n) is 11.5. The Kier molecular flexibility index (Phi) is 5.40. The number of thiophene rings is 4. The highest BCUT2D eigenvalue weighted by Crippen LogP contribution is 2.50. The van der Waals surface area contributed by atoms with Gasteiger partial charge in [-0.25, -0.2) is 19.9 Å². The van der Waals surface area contributed by atoms with Crippen LogP contribution in [0.15, 0.2) is 49.1 Å². The molecular formula is C26H8F2N4S8. The minimum absolute atomic E-state index is 0.425. The van der Waals surface area contributed by atoms with E-state index in [1.807, 2.05) is 22.7 Å². The van der Waals surface area contributed by atoms with Crippen LogP contribution in [0.2, 0.25) is 0 Å². The lowest BCUT2D eigenvalue weighted by molar-refractivity contribution is 0.616. The quantitative estimate of drug-likeness (QED) is 0.187. The first-order valence-corrected chi connectivity index (χ1v) is 18.1. The second kappa shape index (κ2) is 8.97. The van der Waals surface area contributed by atoms with Crippen molar-refractivity contribution in [2.45, 2.75) is 0 Å². The van der Waals surface area contributed by atoms with E-state index < -0.39 is 10.5 Å². The van der Waals surface area contributed by atoms with Gasteiger partial charge in [0, 0.05) is 54.4 Å². The minimum Gasteiger partial charge on any atom is -0.243 e. The molecule has 9 aromatic rings. The number of nitrogens with zero attached hydrogens (tertiary/aromatic N) is 4. The number of hydrogen-bond donors (Lipinski definition) is 0. The zero-order chi connectivity index (χ0) is 26.5. The molecule has 0 unspecified atom stereocenters. The molecule has 4 nitrogen and oxygen atoms in total. The summed E-state index contributed by atoms with van der Waals surface area (Å²) in [6.07, 6.45) is 6.75. The van der Waals surface area contributed by atoms with Crippen LogP contribution in [0.5, 0.6) is 0 Å². The van der Waals surface area contributed by atoms with Crippen LogP contribution in [0.25, 0.3) is 78.3 Å². The average Bonchev–Trinajstić information content (AvgIpc) is 3.74. The summed E-state index contributed by atoms with van der Waals surface area (Å²) in [5, 5.41) is 3.60. The number of benzene rings is 1. The number of hydrogen-bond acceptors (Lipinski definition) is 12. The summed E-state index contributed by atoms with van der Waals surface area (Å²) >= 11 is 12.4. The highest BCUT2D eigenvalue weighted by atomic mass is 32.1. The van der Waals surface area contributed by atoms with Gasteiger partial charge < -0.3 is 0 Å². The van der Waals surface area contributed by atoms with Crippen LogP contribution in [0.3, 0.4) is 0 Å². The Bertz CT molecular complexity index is 2220. The molecule has 0 aliphatic rings. The predicted molar refractivity (Wildman–Crippen MR) is 172 cm³/mol. The molecule has 0 aliphatic carbocycles. The minimum atomic E-state index is -0.425. The molecule has 0 saturated heterocycles. The molecule has 9 rings (SSSR count). The summed E-state index contributed by atoms with van der Waals surface area (Å²) in [4.78, 5) is 22.4. The molecule has 40 heavy (non-hydrogen) atoms. The number of rotatable bonds is 4. The van der Waals surface area contributed by atoms with Gasteiger partial charge in [0.2, 0.25) is 0 Å². The first-order chi connectivity index (χ1) is 19.6. The lowest BCUT2D eigenvalue weighted by Gasteiger charge is -1.94. The van der Waals surface area contributed by atoms with Crippen LogP contribution < -0.4 is 0 Å². The predicted octanol–water partition coefficient (Wildman–Crippen LogP) is 11.3. The lowest BCUT2D eigenvalue weighted by Crippen LogP contribution is -1.66. The molecule has 0 amide bonds. The smallest absolute Gasteiger partial charge is 0.243 e. The Morgan fingerprint density at radius 2 is 0.825 bits per heavy atom. The Hall–Kier alpha value is -2.56. The molecule has 8 aromatic heterocycles. The molecule has 194 valence electrons.